The molecule has 0 spiro atoms. The Balaban J connectivity index is 2.19. The lowest BCUT2D eigenvalue weighted by molar-refractivity contribution is 0.0680. The molecule has 0 saturated carbocycles. The monoisotopic (exact) mass is 346 g/mol. The summed E-state index contributed by atoms with van der Waals surface area (Å²) in [5.74, 6) is 0.0610. The highest BCUT2D eigenvalue weighted by molar-refractivity contribution is 9.11. The molecule has 1 amide bonds. The molecule has 1 N–H and O–H groups in total. The summed E-state index contributed by atoms with van der Waals surface area (Å²) < 4.78 is 1.79. The SMILES string of the molecule is CN(C(=O)c1ccc(Br)cc1Br)C1CNC1. The van der Waals surface area contributed by atoms with E-state index in [1.807, 2.05) is 25.2 Å². The summed E-state index contributed by atoms with van der Waals surface area (Å²) in [6, 6.07) is 5.92. The van der Waals surface area contributed by atoms with Crippen LogP contribution in [0.4, 0.5) is 0 Å². The van der Waals surface area contributed by atoms with Crippen LogP contribution in [0.25, 0.3) is 0 Å². The van der Waals surface area contributed by atoms with Gasteiger partial charge in [-0.2, -0.15) is 0 Å². The molecule has 0 atom stereocenters. The first-order chi connectivity index (χ1) is 7.59. The number of nitrogens with zero attached hydrogens (tertiary/aromatic N) is 1. The number of nitrogens with one attached hydrogen (secondary N) is 1. The Labute approximate surface area is 111 Å². The van der Waals surface area contributed by atoms with Crippen LogP contribution in [0.3, 0.4) is 0 Å². The van der Waals surface area contributed by atoms with Gasteiger partial charge in [-0.25, -0.2) is 0 Å². The van der Waals surface area contributed by atoms with Crippen LogP contribution in [-0.2, 0) is 0 Å². The van der Waals surface area contributed by atoms with Crippen molar-refractivity contribution in [3.8, 4) is 0 Å². The first kappa shape index (κ1) is 12.1. The maximum absolute atomic E-state index is 12.2. The van der Waals surface area contributed by atoms with Gasteiger partial charge in [0.2, 0.25) is 0 Å². The smallest absolute Gasteiger partial charge is 0.255 e. The normalized spacial score (nSPS) is 15.7. The van der Waals surface area contributed by atoms with Crippen LogP contribution in [-0.4, -0.2) is 37.0 Å². The Bertz CT molecular complexity index is 418. The van der Waals surface area contributed by atoms with Gasteiger partial charge in [-0.05, 0) is 34.1 Å². The molecule has 3 nitrogen and oxygen atoms in total. The molecule has 1 aromatic carbocycles. The molecule has 1 aliphatic rings. The fourth-order valence-corrected chi connectivity index (χ4v) is 2.78. The zero-order valence-electron chi connectivity index (χ0n) is 8.84. The van der Waals surface area contributed by atoms with Crippen molar-refractivity contribution in [3.63, 3.8) is 0 Å². The lowest BCUT2D eigenvalue weighted by Gasteiger charge is -2.35. The van der Waals surface area contributed by atoms with E-state index in [2.05, 4.69) is 37.2 Å². The molecule has 0 bridgehead atoms. The molecule has 86 valence electrons. The van der Waals surface area contributed by atoms with E-state index < -0.39 is 0 Å². The van der Waals surface area contributed by atoms with Gasteiger partial charge >= 0.3 is 0 Å². The molecule has 1 aromatic rings. The fourth-order valence-electron chi connectivity index (χ4n) is 1.57. The third kappa shape index (κ3) is 2.31. The van der Waals surface area contributed by atoms with E-state index in [4.69, 9.17) is 0 Å². The second-order valence-electron chi connectivity index (χ2n) is 3.85. The molecule has 1 aliphatic heterocycles. The second kappa shape index (κ2) is 4.85. The van der Waals surface area contributed by atoms with E-state index in [0.717, 1.165) is 22.0 Å². The Morgan fingerprint density at radius 3 is 2.62 bits per heavy atom. The minimum Gasteiger partial charge on any atom is -0.336 e. The maximum atomic E-state index is 12.2. The minimum atomic E-state index is 0.0610. The Morgan fingerprint density at radius 1 is 1.44 bits per heavy atom. The van der Waals surface area contributed by atoms with Crippen molar-refractivity contribution in [2.45, 2.75) is 6.04 Å². The lowest BCUT2D eigenvalue weighted by Crippen LogP contribution is -2.57. The highest BCUT2D eigenvalue weighted by Crippen LogP contribution is 2.23. The predicted molar refractivity (Wildman–Crippen MR) is 70.6 cm³/mol. The Kier molecular flexibility index (Phi) is 3.66. The molecule has 0 aliphatic carbocycles. The number of carbonyl (C=O) groups is 1. The summed E-state index contributed by atoms with van der Waals surface area (Å²) in [6.45, 7) is 1.77. The number of rotatable bonds is 2. The van der Waals surface area contributed by atoms with Crippen LogP contribution in [0.2, 0.25) is 0 Å². The Morgan fingerprint density at radius 2 is 2.12 bits per heavy atom. The average molecular weight is 348 g/mol. The Hall–Kier alpha value is -0.390. The van der Waals surface area contributed by atoms with Crippen LogP contribution < -0.4 is 5.32 Å². The fraction of sp³-hybridized carbons (Fsp3) is 0.364. The average Bonchev–Trinajstić information content (AvgIpc) is 2.14. The van der Waals surface area contributed by atoms with Crippen LogP contribution in [0.5, 0.6) is 0 Å². The number of carbonyl (C=O) groups excluding carboxylic acids is 1. The minimum absolute atomic E-state index is 0.0610. The number of benzene rings is 1. The molecule has 0 unspecified atom stereocenters. The number of likely N-dealkylation sites (N-methyl/N-ethyl adjacent to an activating group) is 1. The van der Waals surface area contributed by atoms with Gasteiger partial charge in [0.1, 0.15) is 0 Å². The molecule has 1 saturated heterocycles. The third-order valence-electron chi connectivity index (χ3n) is 2.79. The third-order valence-corrected chi connectivity index (χ3v) is 3.94. The van der Waals surface area contributed by atoms with Gasteiger partial charge in [0.15, 0.2) is 0 Å². The number of hydrogen-bond donors (Lipinski definition) is 1. The van der Waals surface area contributed by atoms with Crippen LogP contribution >= 0.6 is 31.9 Å². The summed E-state index contributed by atoms with van der Waals surface area (Å²) >= 11 is 6.78. The molecule has 1 heterocycles. The molecule has 0 aromatic heterocycles. The van der Waals surface area contributed by atoms with E-state index in [1.165, 1.54) is 0 Å². The number of halogens is 2. The maximum Gasteiger partial charge on any atom is 0.255 e. The van der Waals surface area contributed by atoms with Crippen molar-refractivity contribution >= 4 is 37.8 Å². The van der Waals surface area contributed by atoms with Gasteiger partial charge in [0.05, 0.1) is 11.6 Å². The first-order valence-corrected chi connectivity index (χ1v) is 6.61. The molecule has 2 rings (SSSR count). The van der Waals surface area contributed by atoms with Gasteiger partial charge in [-0.15, -0.1) is 0 Å². The van der Waals surface area contributed by atoms with Crippen molar-refractivity contribution in [3.05, 3.63) is 32.7 Å². The van der Waals surface area contributed by atoms with E-state index in [1.54, 1.807) is 4.90 Å². The van der Waals surface area contributed by atoms with Crippen LogP contribution in [0.1, 0.15) is 10.4 Å². The summed E-state index contributed by atoms with van der Waals surface area (Å²) in [5.41, 5.74) is 0.706. The summed E-state index contributed by atoms with van der Waals surface area (Å²) in [6.07, 6.45) is 0. The zero-order chi connectivity index (χ0) is 11.7. The summed E-state index contributed by atoms with van der Waals surface area (Å²) in [4.78, 5) is 14.0. The lowest BCUT2D eigenvalue weighted by atomic mass is 10.1. The van der Waals surface area contributed by atoms with Crippen molar-refractivity contribution in [2.75, 3.05) is 20.1 Å². The highest BCUT2D eigenvalue weighted by atomic mass is 79.9. The van der Waals surface area contributed by atoms with E-state index in [0.29, 0.717) is 11.6 Å². The van der Waals surface area contributed by atoms with Crippen molar-refractivity contribution in [1.82, 2.24) is 10.2 Å². The molecular formula is C11H12Br2N2O. The standard InChI is InChI=1S/C11H12Br2N2O/c1-15(8-5-14-6-8)11(16)9-3-2-7(12)4-10(9)13/h2-4,8,14H,5-6H2,1H3. The quantitative estimate of drug-likeness (QED) is 0.890. The van der Waals surface area contributed by atoms with Gasteiger partial charge in [-0.3, -0.25) is 4.79 Å². The highest BCUT2D eigenvalue weighted by Gasteiger charge is 2.26. The van der Waals surface area contributed by atoms with Crippen molar-refractivity contribution in [1.29, 1.82) is 0 Å². The number of hydrogen-bond acceptors (Lipinski definition) is 2. The van der Waals surface area contributed by atoms with Gasteiger partial charge in [0.25, 0.3) is 5.91 Å². The van der Waals surface area contributed by atoms with Crippen LogP contribution in [0, 0.1) is 0 Å². The summed E-state index contributed by atoms with van der Waals surface area (Å²) in [5, 5.41) is 3.16. The first-order valence-electron chi connectivity index (χ1n) is 5.02. The summed E-state index contributed by atoms with van der Waals surface area (Å²) in [7, 11) is 1.85. The van der Waals surface area contributed by atoms with Crippen LogP contribution in [0.15, 0.2) is 27.1 Å². The molecule has 0 radical (unpaired) electrons. The van der Waals surface area contributed by atoms with E-state index in [9.17, 15) is 4.79 Å². The number of amides is 1. The van der Waals surface area contributed by atoms with Gasteiger partial charge < -0.3 is 10.2 Å². The molecule has 1 fully saturated rings. The van der Waals surface area contributed by atoms with E-state index in [-0.39, 0.29) is 5.91 Å². The molecular weight excluding hydrogens is 336 g/mol. The van der Waals surface area contributed by atoms with Crippen molar-refractivity contribution in [2.24, 2.45) is 0 Å². The van der Waals surface area contributed by atoms with Gasteiger partial charge in [0, 0.05) is 29.1 Å². The van der Waals surface area contributed by atoms with Crippen molar-refractivity contribution < 1.29 is 4.79 Å². The zero-order valence-corrected chi connectivity index (χ0v) is 12.0. The largest absolute Gasteiger partial charge is 0.336 e. The molecule has 5 heteroatoms. The van der Waals surface area contributed by atoms with E-state index >= 15 is 0 Å². The predicted octanol–water partition coefficient (Wildman–Crippen LogP) is 2.26. The second-order valence-corrected chi connectivity index (χ2v) is 5.62. The van der Waals surface area contributed by atoms with Gasteiger partial charge in [-0.1, -0.05) is 15.9 Å². The molecule has 16 heavy (non-hydrogen) atoms. The topological polar surface area (TPSA) is 32.3 Å².